The average Bonchev–Trinajstić information content (AvgIpc) is 2.88. The van der Waals surface area contributed by atoms with Crippen molar-refractivity contribution in [2.24, 2.45) is 5.73 Å². The van der Waals surface area contributed by atoms with E-state index in [1.165, 1.54) is 34.9 Å². The van der Waals surface area contributed by atoms with Crippen LogP contribution in [0.4, 0.5) is 4.39 Å². The van der Waals surface area contributed by atoms with Crippen LogP contribution in [-0.2, 0) is 22.9 Å². The molecule has 1 aliphatic rings. The number of nitrogens with zero attached hydrogens (tertiary/aromatic N) is 1. The van der Waals surface area contributed by atoms with Crippen LogP contribution in [0, 0.1) is 5.82 Å². The van der Waals surface area contributed by atoms with Crippen LogP contribution in [0.25, 0.3) is 0 Å². The van der Waals surface area contributed by atoms with E-state index in [0.29, 0.717) is 18.7 Å². The van der Waals surface area contributed by atoms with Crippen molar-refractivity contribution in [1.82, 2.24) is 15.0 Å². The van der Waals surface area contributed by atoms with Crippen LogP contribution in [0.1, 0.15) is 48.3 Å². The van der Waals surface area contributed by atoms with E-state index in [0.717, 1.165) is 38.2 Å². The minimum absolute atomic E-state index is 0.0663. The smallest absolute Gasteiger partial charge is 0.243 e. The van der Waals surface area contributed by atoms with Crippen molar-refractivity contribution in [2.45, 2.75) is 61.4 Å². The van der Waals surface area contributed by atoms with E-state index < -0.39 is 15.8 Å². The standard InChI is InChI=1S/C28H35FN4O3S/c29-26-8-1-2-9-28(26)37(35,36)33-15-4-3-7-22(30)19-32-27-13-10-21-17-23(34)11-12-24(21)25(27)16-20-6-5-14-31-18-20/h1-2,5-6,8-9,11-12,14,17-18,22,25,27,32-34H,3-4,7,10,13,15-16,19,30H2/t22?,25-,27+/m0/s1. The second-order valence-corrected chi connectivity index (χ2v) is 11.4. The highest BCUT2D eigenvalue weighted by Crippen LogP contribution is 2.36. The first-order valence-corrected chi connectivity index (χ1v) is 14.3. The molecule has 2 aromatic carbocycles. The molecule has 1 aromatic heterocycles. The minimum Gasteiger partial charge on any atom is -0.508 e. The molecule has 0 aliphatic heterocycles. The number of pyridine rings is 1. The molecule has 198 valence electrons. The van der Waals surface area contributed by atoms with Crippen LogP contribution in [-0.4, -0.2) is 43.7 Å². The molecule has 7 nitrogen and oxygen atoms in total. The molecule has 1 aliphatic carbocycles. The Morgan fingerprint density at radius 3 is 2.76 bits per heavy atom. The molecule has 0 amide bonds. The van der Waals surface area contributed by atoms with E-state index >= 15 is 0 Å². The number of phenolic OH excluding ortho intramolecular Hbond substituents is 1. The van der Waals surface area contributed by atoms with Gasteiger partial charge in [0.1, 0.15) is 16.5 Å². The molecular formula is C28H35FN4O3S. The summed E-state index contributed by atoms with van der Waals surface area (Å²) in [5.41, 5.74) is 10.00. The summed E-state index contributed by atoms with van der Waals surface area (Å²) < 4.78 is 40.8. The van der Waals surface area contributed by atoms with Gasteiger partial charge in [0.2, 0.25) is 10.0 Å². The van der Waals surface area contributed by atoms with Crippen LogP contribution >= 0.6 is 0 Å². The number of aromatic nitrogens is 1. The third-order valence-corrected chi connectivity index (χ3v) is 8.47. The van der Waals surface area contributed by atoms with Gasteiger partial charge in [0.05, 0.1) is 0 Å². The summed E-state index contributed by atoms with van der Waals surface area (Å²) in [4.78, 5) is 3.93. The normalized spacial score (nSPS) is 18.3. The zero-order valence-corrected chi connectivity index (χ0v) is 21.6. The number of nitrogens with one attached hydrogen (secondary N) is 2. The molecule has 3 aromatic rings. The SMILES string of the molecule is NC(CCCCNS(=O)(=O)c1ccccc1F)CN[C@@H]1CCc2cc(O)ccc2[C@@H]1Cc1cccnc1. The van der Waals surface area contributed by atoms with Gasteiger partial charge in [-0.25, -0.2) is 17.5 Å². The fraction of sp³-hybridized carbons (Fsp3) is 0.393. The Bertz CT molecular complexity index is 1270. The number of halogens is 1. The predicted molar refractivity (Wildman–Crippen MR) is 142 cm³/mol. The van der Waals surface area contributed by atoms with Crippen LogP contribution in [0.15, 0.2) is 71.9 Å². The number of aryl methyl sites for hydroxylation is 1. The molecule has 3 atom stereocenters. The number of hydrogen-bond donors (Lipinski definition) is 4. The van der Waals surface area contributed by atoms with Gasteiger partial charge in [0.15, 0.2) is 0 Å². The fourth-order valence-corrected chi connectivity index (χ4v) is 6.20. The van der Waals surface area contributed by atoms with Crippen molar-refractivity contribution in [2.75, 3.05) is 13.1 Å². The second kappa shape index (κ2) is 12.6. The van der Waals surface area contributed by atoms with E-state index in [1.54, 1.807) is 12.3 Å². The Balaban J connectivity index is 1.26. The predicted octanol–water partition coefficient (Wildman–Crippen LogP) is 3.63. The number of sulfonamides is 1. The van der Waals surface area contributed by atoms with Crippen molar-refractivity contribution < 1.29 is 17.9 Å². The number of fused-ring (bicyclic) bond motifs is 1. The Morgan fingerprint density at radius 2 is 1.97 bits per heavy atom. The van der Waals surface area contributed by atoms with Crippen molar-refractivity contribution in [1.29, 1.82) is 0 Å². The van der Waals surface area contributed by atoms with E-state index in [1.807, 2.05) is 24.4 Å². The van der Waals surface area contributed by atoms with Crippen molar-refractivity contribution >= 4 is 10.0 Å². The van der Waals surface area contributed by atoms with Crippen molar-refractivity contribution in [3.63, 3.8) is 0 Å². The summed E-state index contributed by atoms with van der Waals surface area (Å²) in [6.45, 7) is 0.888. The Kier molecular flexibility index (Phi) is 9.26. The third-order valence-electron chi connectivity index (χ3n) is 6.98. The Labute approximate surface area is 218 Å². The largest absolute Gasteiger partial charge is 0.508 e. The molecule has 0 saturated heterocycles. The molecule has 4 rings (SSSR count). The summed E-state index contributed by atoms with van der Waals surface area (Å²) in [5, 5.41) is 13.6. The highest BCUT2D eigenvalue weighted by Gasteiger charge is 2.30. The summed E-state index contributed by atoms with van der Waals surface area (Å²) in [5.74, 6) is -0.218. The van der Waals surface area contributed by atoms with Gasteiger partial charge < -0.3 is 16.2 Å². The topological polar surface area (TPSA) is 117 Å². The number of phenols is 1. The van der Waals surface area contributed by atoms with Crippen LogP contribution in [0.2, 0.25) is 0 Å². The zero-order chi connectivity index (χ0) is 26.3. The maximum Gasteiger partial charge on any atom is 0.243 e. The van der Waals surface area contributed by atoms with E-state index in [-0.39, 0.29) is 29.4 Å². The van der Waals surface area contributed by atoms with Crippen LogP contribution in [0.3, 0.4) is 0 Å². The number of hydrogen-bond acceptors (Lipinski definition) is 6. The maximum absolute atomic E-state index is 13.8. The molecule has 0 saturated carbocycles. The lowest BCUT2D eigenvalue weighted by Gasteiger charge is -2.35. The maximum atomic E-state index is 13.8. The first-order valence-electron chi connectivity index (χ1n) is 12.8. The molecule has 0 bridgehead atoms. The van der Waals surface area contributed by atoms with Gasteiger partial charge in [-0.1, -0.05) is 30.7 Å². The number of aromatic hydroxyl groups is 1. The summed E-state index contributed by atoms with van der Waals surface area (Å²) in [7, 11) is -3.86. The molecule has 5 N–H and O–H groups in total. The molecule has 0 radical (unpaired) electrons. The van der Waals surface area contributed by atoms with E-state index in [9.17, 15) is 17.9 Å². The van der Waals surface area contributed by atoms with Crippen molar-refractivity contribution in [3.8, 4) is 5.75 Å². The Morgan fingerprint density at radius 1 is 1.14 bits per heavy atom. The van der Waals surface area contributed by atoms with Gasteiger partial charge >= 0.3 is 0 Å². The minimum atomic E-state index is -3.86. The number of unbranched alkanes of at least 4 members (excludes halogenated alkanes) is 1. The van der Waals surface area contributed by atoms with Gasteiger partial charge in [-0.2, -0.15) is 0 Å². The molecule has 1 unspecified atom stereocenters. The number of nitrogens with two attached hydrogens (primary N) is 1. The monoisotopic (exact) mass is 526 g/mol. The average molecular weight is 527 g/mol. The van der Waals surface area contributed by atoms with Gasteiger partial charge in [-0.15, -0.1) is 0 Å². The lowest BCUT2D eigenvalue weighted by Crippen LogP contribution is -2.44. The first kappa shape index (κ1) is 27.2. The lowest BCUT2D eigenvalue weighted by atomic mass is 9.76. The highest BCUT2D eigenvalue weighted by molar-refractivity contribution is 7.89. The van der Waals surface area contributed by atoms with Gasteiger partial charge in [0.25, 0.3) is 0 Å². The molecular weight excluding hydrogens is 491 g/mol. The first-order chi connectivity index (χ1) is 17.8. The zero-order valence-electron chi connectivity index (χ0n) is 20.8. The molecule has 37 heavy (non-hydrogen) atoms. The van der Waals surface area contributed by atoms with Gasteiger partial charge in [-0.05, 0) is 79.1 Å². The summed E-state index contributed by atoms with van der Waals surface area (Å²) >= 11 is 0. The van der Waals surface area contributed by atoms with Gasteiger partial charge in [-0.3, -0.25) is 4.98 Å². The fourth-order valence-electron chi connectivity index (χ4n) is 5.05. The third kappa shape index (κ3) is 7.35. The molecule has 0 spiro atoms. The van der Waals surface area contributed by atoms with Crippen molar-refractivity contribution in [3.05, 3.63) is 89.5 Å². The molecule has 1 heterocycles. The van der Waals surface area contributed by atoms with Crippen LogP contribution < -0.4 is 15.8 Å². The van der Waals surface area contributed by atoms with E-state index in [4.69, 9.17) is 5.73 Å². The quantitative estimate of drug-likeness (QED) is 0.268. The number of benzene rings is 2. The van der Waals surface area contributed by atoms with E-state index in [2.05, 4.69) is 21.1 Å². The summed E-state index contributed by atoms with van der Waals surface area (Å²) in [6.07, 6.45) is 8.49. The van der Waals surface area contributed by atoms with Gasteiger partial charge in [0, 0.05) is 43.5 Å². The summed E-state index contributed by atoms with van der Waals surface area (Å²) in [6, 6.07) is 15.2. The molecule has 0 fully saturated rings. The Hall–Kier alpha value is -2.85. The second-order valence-electron chi connectivity index (χ2n) is 9.69. The molecule has 9 heteroatoms. The highest BCUT2D eigenvalue weighted by atomic mass is 32.2. The van der Waals surface area contributed by atoms with Crippen LogP contribution in [0.5, 0.6) is 5.75 Å². The lowest BCUT2D eigenvalue weighted by molar-refractivity contribution is 0.366. The number of rotatable bonds is 12.